The Morgan fingerprint density at radius 3 is 2.55 bits per heavy atom. The van der Waals surface area contributed by atoms with Crippen molar-refractivity contribution in [2.75, 3.05) is 39.3 Å². The zero-order chi connectivity index (χ0) is 23.7. The molecular formula is C27H42N2O4. The number of nitrogens with zero attached hydrogens (tertiary/aromatic N) is 2. The highest BCUT2D eigenvalue weighted by molar-refractivity contribution is 5.77. The first-order valence-electron chi connectivity index (χ1n) is 12.8. The molecule has 0 aliphatic carbocycles. The van der Waals surface area contributed by atoms with E-state index in [9.17, 15) is 9.59 Å². The largest absolute Gasteiger partial charge is 0.492 e. The molecular weight excluding hydrogens is 416 g/mol. The minimum absolute atomic E-state index is 0.0683. The zero-order valence-corrected chi connectivity index (χ0v) is 20.6. The SMILES string of the molecule is CC(C)CN1CCOc2ccccc2CCCCC2(CCN(C(=O)CCCC(=O)O)CC2)C1. The van der Waals surface area contributed by atoms with Gasteiger partial charge in [0.2, 0.25) is 5.91 Å². The normalized spacial score (nSPS) is 19.9. The first-order chi connectivity index (χ1) is 15.9. The van der Waals surface area contributed by atoms with E-state index in [4.69, 9.17) is 9.84 Å². The smallest absolute Gasteiger partial charge is 0.303 e. The lowest BCUT2D eigenvalue weighted by atomic mass is 9.73. The maximum atomic E-state index is 12.6. The third-order valence-electron chi connectivity index (χ3n) is 7.18. The molecule has 0 saturated carbocycles. The lowest BCUT2D eigenvalue weighted by molar-refractivity contribution is -0.137. The Morgan fingerprint density at radius 2 is 1.82 bits per heavy atom. The Labute approximate surface area is 199 Å². The summed E-state index contributed by atoms with van der Waals surface area (Å²) in [7, 11) is 0. The summed E-state index contributed by atoms with van der Waals surface area (Å²) in [6.07, 6.45) is 7.50. The summed E-state index contributed by atoms with van der Waals surface area (Å²) in [5.41, 5.74) is 1.55. The van der Waals surface area contributed by atoms with Crippen molar-refractivity contribution in [3.8, 4) is 5.75 Å². The highest BCUT2D eigenvalue weighted by atomic mass is 16.5. The van der Waals surface area contributed by atoms with Crippen LogP contribution in [-0.2, 0) is 16.0 Å². The third-order valence-corrected chi connectivity index (χ3v) is 7.18. The van der Waals surface area contributed by atoms with E-state index < -0.39 is 5.97 Å². The van der Waals surface area contributed by atoms with Crippen molar-refractivity contribution in [1.82, 2.24) is 9.80 Å². The number of carboxylic acids is 1. The van der Waals surface area contributed by atoms with Crippen molar-refractivity contribution in [2.45, 2.75) is 71.6 Å². The van der Waals surface area contributed by atoms with Gasteiger partial charge in [0.25, 0.3) is 0 Å². The van der Waals surface area contributed by atoms with Gasteiger partial charge in [-0.25, -0.2) is 0 Å². The molecule has 2 aliphatic rings. The second-order valence-electron chi connectivity index (χ2n) is 10.4. The Balaban J connectivity index is 1.65. The van der Waals surface area contributed by atoms with E-state index in [0.717, 1.165) is 64.2 Å². The van der Waals surface area contributed by atoms with Crippen molar-refractivity contribution >= 4 is 11.9 Å². The second kappa shape index (κ2) is 12.4. The minimum Gasteiger partial charge on any atom is -0.492 e. The highest BCUT2D eigenvalue weighted by Gasteiger charge is 2.37. The molecule has 184 valence electrons. The van der Waals surface area contributed by atoms with E-state index in [2.05, 4.69) is 43.0 Å². The number of para-hydroxylation sites is 1. The number of hydrogen-bond acceptors (Lipinski definition) is 4. The van der Waals surface area contributed by atoms with Gasteiger partial charge < -0.3 is 14.7 Å². The Kier molecular flexibility index (Phi) is 9.60. The molecule has 1 aromatic carbocycles. The molecule has 0 bridgehead atoms. The summed E-state index contributed by atoms with van der Waals surface area (Å²) in [4.78, 5) is 27.9. The van der Waals surface area contributed by atoms with Crippen LogP contribution in [-0.4, -0.2) is 66.1 Å². The van der Waals surface area contributed by atoms with Gasteiger partial charge in [-0.05, 0) is 61.5 Å². The second-order valence-corrected chi connectivity index (χ2v) is 10.4. The number of likely N-dealkylation sites (tertiary alicyclic amines) is 1. The molecule has 0 aromatic heterocycles. The number of aliphatic carboxylic acids is 1. The van der Waals surface area contributed by atoms with Gasteiger partial charge in [0, 0.05) is 45.6 Å². The van der Waals surface area contributed by atoms with Crippen molar-refractivity contribution in [3.63, 3.8) is 0 Å². The van der Waals surface area contributed by atoms with Crippen LogP contribution in [0.2, 0.25) is 0 Å². The molecule has 2 heterocycles. The van der Waals surface area contributed by atoms with Crippen LogP contribution in [0.1, 0.15) is 70.8 Å². The number of carboxylic acid groups (broad SMARTS) is 1. The summed E-state index contributed by atoms with van der Waals surface area (Å²) in [6, 6.07) is 8.45. The summed E-state index contributed by atoms with van der Waals surface area (Å²) < 4.78 is 6.21. The van der Waals surface area contributed by atoms with Crippen LogP contribution in [0.25, 0.3) is 0 Å². The number of amides is 1. The van der Waals surface area contributed by atoms with Crippen molar-refractivity contribution in [3.05, 3.63) is 29.8 Å². The number of fused-ring (bicyclic) bond motifs is 1. The number of aryl methyl sites for hydroxylation is 1. The molecule has 1 N–H and O–H groups in total. The van der Waals surface area contributed by atoms with Crippen LogP contribution in [0.4, 0.5) is 0 Å². The van der Waals surface area contributed by atoms with Crippen LogP contribution in [0.5, 0.6) is 5.75 Å². The monoisotopic (exact) mass is 458 g/mol. The molecule has 1 amide bonds. The molecule has 1 saturated heterocycles. The molecule has 33 heavy (non-hydrogen) atoms. The quantitative estimate of drug-likeness (QED) is 0.674. The summed E-state index contributed by atoms with van der Waals surface area (Å²) in [6.45, 7) is 9.89. The Hall–Kier alpha value is -2.08. The molecule has 1 spiro atoms. The maximum absolute atomic E-state index is 12.6. The van der Waals surface area contributed by atoms with Crippen molar-refractivity contribution in [1.29, 1.82) is 0 Å². The lowest BCUT2D eigenvalue weighted by Gasteiger charge is -2.45. The molecule has 0 unspecified atom stereocenters. The number of piperidine rings is 1. The fraction of sp³-hybridized carbons (Fsp3) is 0.704. The molecule has 0 radical (unpaired) electrons. The van der Waals surface area contributed by atoms with Crippen molar-refractivity contribution in [2.24, 2.45) is 11.3 Å². The summed E-state index contributed by atoms with van der Waals surface area (Å²) >= 11 is 0. The zero-order valence-electron chi connectivity index (χ0n) is 20.6. The average Bonchev–Trinajstić information content (AvgIpc) is 2.76. The Morgan fingerprint density at radius 1 is 1.06 bits per heavy atom. The van der Waals surface area contributed by atoms with Crippen LogP contribution >= 0.6 is 0 Å². The minimum atomic E-state index is -0.828. The van der Waals surface area contributed by atoms with Gasteiger partial charge in [0.05, 0.1) is 0 Å². The van der Waals surface area contributed by atoms with E-state index >= 15 is 0 Å². The van der Waals surface area contributed by atoms with Gasteiger partial charge in [-0.2, -0.15) is 0 Å². The van der Waals surface area contributed by atoms with Crippen LogP contribution in [0.15, 0.2) is 24.3 Å². The summed E-state index contributed by atoms with van der Waals surface area (Å²) in [5.74, 6) is 0.916. The van der Waals surface area contributed by atoms with Crippen LogP contribution in [0, 0.1) is 11.3 Å². The fourth-order valence-corrected chi connectivity index (χ4v) is 5.44. The Bertz CT molecular complexity index is 771. The molecule has 2 aliphatic heterocycles. The maximum Gasteiger partial charge on any atom is 0.303 e. The van der Waals surface area contributed by atoms with E-state index in [1.165, 1.54) is 18.4 Å². The molecule has 1 fully saturated rings. The fourth-order valence-electron chi connectivity index (χ4n) is 5.44. The molecule has 6 heteroatoms. The first-order valence-corrected chi connectivity index (χ1v) is 12.8. The van der Waals surface area contributed by atoms with Gasteiger partial charge in [-0.1, -0.05) is 38.5 Å². The molecule has 3 rings (SSSR count). The topological polar surface area (TPSA) is 70.1 Å². The lowest BCUT2D eigenvalue weighted by Crippen LogP contribution is -2.49. The van der Waals surface area contributed by atoms with E-state index in [1.807, 2.05) is 4.90 Å². The van der Waals surface area contributed by atoms with Crippen molar-refractivity contribution < 1.29 is 19.4 Å². The number of benzene rings is 1. The number of rotatable bonds is 6. The third kappa shape index (κ3) is 8.02. The average molecular weight is 459 g/mol. The molecule has 6 nitrogen and oxygen atoms in total. The van der Waals surface area contributed by atoms with Crippen LogP contribution in [0.3, 0.4) is 0 Å². The van der Waals surface area contributed by atoms with Gasteiger partial charge in [0.15, 0.2) is 0 Å². The van der Waals surface area contributed by atoms with E-state index in [0.29, 0.717) is 25.4 Å². The first kappa shape index (κ1) is 25.5. The van der Waals surface area contributed by atoms with Gasteiger partial charge in [-0.3, -0.25) is 14.5 Å². The van der Waals surface area contributed by atoms with E-state index in [1.54, 1.807) is 0 Å². The van der Waals surface area contributed by atoms with E-state index in [-0.39, 0.29) is 17.7 Å². The molecule has 1 aromatic rings. The van der Waals surface area contributed by atoms with Crippen LogP contribution < -0.4 is 4.74 Å². The predicted octanol–water partition coefficient (Wildman–Crippen LogP) is 4.61. The molecule has 0 atom stereocenters. The number of carbonyl (C=O) groups excluding carboxylic acids is 1. The highest BCUT2D eigenvalue weighted by Crippen LogP contribution is 2.38. The number of carbonyl (C=O) groups is 2. The standard InChI is InChI=1S/C27H42N2O4/c1-22(2)20-28-18-19-33-24-10-4-3-8-23(24)9-5-6-13-27(21-28)14-16-29(17-15-27)25(30)11-7-12-26(31)32/h3-4,8,10,22H,5-7,9,11-21H2,1-2H3,(H,31,32). The summed E-state index contributed by atoms with van der Waals surface area (Å²) in [5, 5.41) is 8.84. The number of ether oxygens (including phenoxy) is 1. The van der Waals surface area contributed by atoms with Gasteiger partial charge in [-0.15, -0.1) is 0 Å². The number of hydrogen-bond donors (Lipinski definition) is 1. The van der Waals surface area contributed by atoms with Gasteiger partial charge >= 0.3 is 5.97 Å². The van der Waals surface area contributed by atoms with Gasteiger partial charge in [0.1, 0.15) is 12.4 Å². The predicted molar refractivity (Wildman–Crippen MR) is 131 cm³/mol.